The maximum Gasteiger partial charge on any atom is 0.147 e. The molecule has 1 rings (SSSR count). The molecular formula is C15H25N3O. The third-order valence-corrected chi connectivity index (χ3v) is 3.19. The van der Waals surface area contributed by atoms with Gasteiger partial charge in [0.05, 0.1) is 5.92 Å². The van der Waals surface area contributed by atoms with E-state index in [1.807, 2.05) is 30.3 Å². The molecule has 0 aliphatic carbocycles. The third-order valence-electron chi connectivity index (χ3n) is 3.19. The van der Waals surface area contributed by atoms with E-state index < -0.39 is 0 Å². The van der Waals surface area contributed by atoms with Gasteiger partial charge in [-0.05, 0) is 18.0 Å². The van der Waals surface area contributed by atoms with Crippen molar-refractivity contribution >= 4 is 5.84 Å². The van der Waals surface area contributed by atoms with Crippen molar-refractivity contribution in [2.45, 2.75) is 26.7 Å². The summed E-state index contributed by atoms with van der Waals surface area (Å²) in [5, 5.41) is 12.2. The van der Waals surface area contributed by atoms with E-state index in [1.54, 1.807) is 0 Å². The van der Waals surface area contributed by atoms with Crippen molar-refractivity contribution in [2.75, 3.05) is 19.6 Å². The van der Waals surface area contributed by atoms with Gasteiger partial charge in [-0.2, -0.15) is 0 Å². The first kappa shape index (κ1) is 15.5. The van der Waals surface area contributed by atoms with Gasteiger partial charge in [-0.25, -0.2) is 0 Å². The minimum absolute atomic E-state index is 0.0649. The van der Waals surface area contributed by atoms with Crippen LogP contribution in [0.5, 0.6) is 0 Å². The summed E-state index contributed by atoms with van der Waals surface area (Å²) in [6.45, 7) is 9.28. The summed E-state index contributed by atoms with van der Waals surface area (Å²) in [6.07, 6.45) is 0. The number of hydrogen-bond acceptors (Lipinski definition) is 3. The lowest BCUT2D eigenvalue weighted by atomic mass is 9.97. The van der Waals surface area contributed by atoms with E-state index in [0.717, 1.165) is 25.2 Å². The molecule has 0 heterocycles. The first-order chi connectivity index (χ1) is 9.08. The first-order valence-electron chi connectivity index (χ1n) is 6.83. The lowest BCUT2D eigenvalue weighted by molar-refractivity contribution is 0.251. The Labute approximate surface area is 115 Å². The van der Waals surface area contributed by atoms with Crippen LogP contribution in [0.1, 0.15) is 32.3 Å². The number of nitrogens with zero attached hydrogens (tertiary/aromatic N) is 2. The fourth-order valence-electron chi connectivity index (χ4n) is 2.23. The van der Waals surface area contributed by atoms with Crippen LogP contribution < -0.4 is 5.73 Å². The molecule has 0 saturated carbocycles. The van der Waals surface area contributed by atoms with Crippen molar-refractivity contribution in [2.24, 2.45) is 16.8 Å². The smallest absolute Gasteiger partial charge is 0.147 e. The zero-order valence-electron chi connectivity index (χ0n) is 12.1. The summed E-state index contributed by atoms with van der Waals surface area (Å²) >= 11 is 0. The molecule has 0 amide bonds. The molecule has 1 aromatic rings. The van der Waals surface area contributed by atoms with Crippen molar-refractivity contribution in [1.29, 1.82) is 0 Å². The topological polar surface area (TPSA) is 61.8 Å². The molecule has 1 aromatic carbocycles. The van der Waals surface area contributed by atoms with Gasteiger partial charge >= 0.3 is 0 Å². The van der Waals surface area contributed by atoms with Crippen LogP contribution in [0.4, 0.5) is 0 Å². The normalized spacial score (nSPS) is 14.1. The second kappa shape index (κ2) is 7.79. The number of likely N-dealkylation sites (N-methyl/N-ethyl adjacent to an activating group) is 1. The average molecular weight is 263 g/mol. The highest BCUT2D eigenvalue weighted by molar-refractivity contribution is 5.87. The minimum Gasteiger partial charge on any atom is -0.409 e. The van der Waals surface area contributed by atoms with E-state index in [1.165, 1.54) is 0 Å². The third kappa shape index (κ3) is 4.91. The molecule has 0 bridgehead atoms. The van der Waals surface area contributed by atoms with Gasteiger partial charge in [0.1, 0.15) is 5.84 Å². The number of rotatable bonds is 7. The van der Waals surface area contributed by atoms with Crippen LogP contribution in [-0.4, -0.2) is 35.6 Å². The van der Waals surface area contributed by atoms with Gasteiger partial charge in [0.15, 0.2) is 0 Å². The molecule has 1 unspecified atom stereocenters. The molecule has 0 aromatic heterocycles. The van der Waals surface area contributed by atoms with Crippen molar-refractivity contribution in [3.8, 4) is 0 Å². The first-order valence-corrected chi connectivity index (χ1v) is 6.83. The highest BCUT2D eigenvalue weighted by atomic mass is 16.4. The van der Waals surface area contributed by atoms with Crippen LogP contribution in [0.3, 0.4) is 0 Å². The van der Waals surface area contributed by atoms with E-state index in [0.29, 0.717) is 5.92 Å². The Morgan fingerprint density at radius 2 is 1.89 bits per heavy atom. The monoisotopic (exact) mass is 263 g/mol. The lowest BCUT2D eigenvalue weighted by Crippen LogP contribution is -2.37. The quantitative estimate of drug-likeness (QED) is 0.344. The fraction of sp³-hybridized carbons (Fsp3) is 0.533. The molecule has 106 valence electrons. The Balaban J connectivity index is 2.87. The predicted molar refractivity (Wildman–Crippen MR) is 79.5 cm³/mol. The molecule has 0 fully saturated rings. The van der Waals surface area contributed by atoms with E-state index in [-0.39, 0.29) is 11.8 Å². The van der Waals surface area contributed by atoms with Gasteiger partial charge < -0.3 is 15.8 Å². The van der Waals surface area contributed by atoms with Crippen molar-refractivity contribution in [1.82, 2.24) is 4.90 Å². The summed E-state index contributed by atoms with van der Waals surface area (Å²) in [5.74, 6) is 0.807. The van der Waals surface area contributed by atoms with Gasteiger partial charge in [0.2, 0.25) is 0 Å². The van der Waals surface area contributed by atoms with Crippen molar-refractivity contribution < 1.29 is 5.21 Å². The highest BCUT2D eigenvalue weighted by Crippen LogP contribution is 2.18. The van der Waals surface area contributed by atoms with E-state index in [4.69, 9.17) is 10.9 Å². The van der Waals surface area contributed by atoms with Gasteiger partial charge in [-0.3, -0.25) is 0 Å². The van der Waals surface area contributed by atoms with E-state index in [9.17, 15) is 0 Å². The molecule has 0 aliphatic heterocycles. The summed E-state index contributed by atoms with van der Waals surface area (Å²) < 4.78 is 0. The van der Waals surface area contributed by atoms with Gasteiger partial charge in [0, 0.05) is 13.1 Å². The SMILES string of the molecule is CCN(CC(C)C)CC(C(N)=NO)c1ccccc1. The average Bonchev–Trinajstić information content (AvgIpc) is 2.43. The highest BCUT2D eigenvalue weighted by Gasteiger charge is 2.20. The molecule has 4 nitrogen and oxygen atoms in total. The van der Waals surface area contributed by atoms with Crippen LogP contribution in [0.2, 0.25) is 0 Å². The number of amidine groups is 1. The number of hydrogen-bond donors (Lipinski definition) is 2. The zero-order chi connectivity index (χ0) is 14.3. The maximum atomic E-state index is 8.98. The Hall–Kier alpha value is -1.55. The van der Waals surface area contributed by atoms with Crippen LogP contribution in [0.25, 0.3) is 0 Å². The fourth-order valence-corrected chi connectivity index (χ4v) is 2.23. The maximum absolute atomic E-state index is 8.98. The molecule has 0 spiro atoms. The molecule has 0 aliphatic rings. The van der Waals surface area contributed by atoms with Crippen LogP contribution in [0, 0.1) is 5.92 Å². The largest absolute Gasteiger partial charge is 0.409 e. The lowest BCUT2D eigenvalue weighted by Gasteiger charge is -2.27. The Bertz CT molecular complexity index is 390. The number of benzene rings is 1. The van der Waals surface area contributed by atoms with Gasteiger partial charge in [-0.1, -0.05) is 56.3 Å². The molecule has 0 radical (unpaired) electrons. The predicted octanol–water partition coefficient (Wildman–Crippen LogP) is 2.49. The molecule has 0 saturated heterocycles. The zero-order valence-corrected chi connectivity index (χ0v) is 12.1. The van der Waals surface area contributed by atoms with Gasteiger partial charge in [0.25, 0.3) is 0 Å². The summed E-state index contributed by atoms with van der Waals surface area (Å²) in [6, 6.07) is 9.97. The van der Waals surface area contributed by atoms with Crippen LogP contribution in [0.15, 0.2) is 35.5 Å². The van der Waals surface area contributed by atoms with E-state index in [2.05, 4.69) is 30.8 Å². The number of nitrogens with two attached hydrogens (primary N) is 1. The van der Waals surface area contributed by atoms with Crippen LogP contribution in [-0.2, 0) is 0 Å². The molecule has 19 heavy (non-hydrogen) atoms. The van der Waals surface area contributed by atoms with Crippen molar-refractivity contribution in [3.63, 3.8) is 0 Å². The molecule has 4 heteroatoms. The van der Waals surface area contributed by atoms with Crippen LogP contribution >= 0.6 is 0 Å². The molecule has 1 atom stereocenters. The Kier molecular flexibility index (Phi) is 6.36. The second-order valence-corrected chi connectivity index (χ2v) is 5.23. The standard InChI is InChI=1S/C15H25N3O/c1-4-18(10-12(2)3)11-14(15(16)17-19)13-8-6-5-7-9-13/h5-9,12,14,19H,4,10-11H2,1-3H3,(H2,16,17). The summed E-state index contributed by atoms with van der Waals surface area (Å²) in [7, 11) is 0. The van der Waals surface area contributed by atoms with Gasteiger partial charge in [-0.15, -0.1) is 0 Å². The number of oxime groups is 1. The summed E-state index contributed by atoms with van der Waals surface area (Å²) in [4.78, 5) is 2.33. The Morgan fingerprint density at radius 1 is 1.26 bits per heavy atom. The summed E-state index contributed by atoms with van der Waals surface area (Å²) in [5.41, 5.74) is 6.94. The van der Waals surface area contributed by atoms with Crippen molar-refractivity contribution in [3.05, 3.63) is 35.9 Å². The Morgan fingerprint density at radius 3 is 2.37 bits per heavy atom. The molecule has 3 N–H and O–H groups in total. The minimum atomic E-state index is -0.0649. The van der Waals surface area contributed by atoms with E-state index >= 15 is 0 Å². The second-order valence-electron chi connectivity index (χ2n) is 5.23. The molecular weight excluding hydrogens is 238 g/mol.